The molecule has 0 spiro atoms. The molecular formula is C20H30N2O2S. The molecule has 0 aromatic heterocycles. The molecule has 2 aliphatic heterocycles. The molecule has 0 N–H and O–H groups in total. The zero-order valence-corrected chi connectivity index (χ0v) is 16.6. The second-order valence-electron chi connectivity index (χ2n) is 7.83. The van der Waals surface area contributed by atoms with Crippen LogP contribution in [0.3, 0.4) is 0 Å². The van der Waals surface area contributed by atoms with Gasteiger partial charge in [0.2, 0.25) is 0 Å². The summed E-state index contributed by atoms with van der Waals surface area (Å²) in [6, 6.07) is 6.63. The molecule has 2 heterocycles. The lowest BCUT2D eigenvalue weighted by atomic mass is 9.99. The molecule has 0 unspecified atom stereocenters. The maximum absolute atomic E-state index is 12.3. The van der Waals surface area contributed by atoms with Gasteiger partial charge in [-0.1, -0.05) is 29.8 Å². The van der Waals surface area contributed by atoms with E-state index in [1.54, 1.807) is 0 Å². The highest BCUT2D eigenvalue weighted by atomic mass is 32.2. The monoisotopic (exact) mass is 362 g/mol. The average Bonchev–Trinajstić information content (AvgIpc) is 2.85. The maximum Gasteiger partial charge on any atom is 0.153 e. The number of rotatable bonds is 4. The van der Waals surface area contributed by atoms with Crippen LogP contribution in [0.4, 0.5) is 0 Å². The van der Waals surface area contributed by atoms with Crippen LogP contribution in [-0.4, -0.2) is 61.4 Å². The van der Waals surface area contributed by atoms with E-state index in [2.05, 4.69) is 61.8 Å². The summed E-state index contributed by atoms with van der Waals surface area (Å²) in [4.78, 5) is 4.77. The van der Waals surface area contributed by atoms with Gasteiger partial charge in [0.1, 0.15) is 0 Å². The minimum absolute atomic E-state index is 0.114. The fourth-order valence-corrected chi connectivity index (χ4v) is 6.16. The SMILES string of the molecule is CC(C)=CCN1CCN(Cc2c(C)cccc2C)[C@@H]2CS(=O)(=O)C[C@@H]21. The molecule has 138 valence electrons. The summed E-state index contributed by atoms with van der Waals surface area (Å²) >= 11 is 0. The Balaban J connectivity index is 1.82. The first-order valence-electron chi connectivity index (χ1n) is 9.14. The van der Waals surface area contributed by atoms with E-state index in [1.807, 2.05) is 0 Å². The smallest absolute Gasteiger partial charge is 0.153 e. The van der Waals surface area contributed by atoms with E-state index in [4.69, 9.17) is 0 Å². The third-order valence-corrected chi connectivity index (χ3v) is 7.34. The van der Waals surface area contributed by atoms with Gasteiger partial charge in [-0.15, -0.1) is 0 Å². The Morgan fingerprint density at radius 2 is 1.64 bits per heavy atom. The molecule has 1 aromatic carbocycles. The van der Waals surface area contributed by atoms with Gasteiger partial charge in [-0.25, -0.2) is 8.42 Å². The Kier molecular flexibility index (Phi) is 5.37. The Morgan fingerprint density at radius 1 is 1.08 bits per heavy atom. The van der Waals surface area contributed by atoms with Crippen molar-refractivity contribution in [3.8, 4) is 0 Å². The van der Waals surface area contributed by atoms with Crippen molar-refractivity contribution in [2.24, 2.45) is 0 Å². The summed E-state index contributed by atoms with van der Waals surface area (Å²) in [5.74, 6) is 0.603. The van der Waals surface area contributed by atoms with E-state index in [0.717, 1.165) is 26.2 Å². The molecule has 0 bridgehead atoms. The number of hydrogen-bond donors (Lipinski definition) is 0. The number of nitrogens with zero attached hydrogens (tertiary/aromatic N) is 2. The molecule has 1 aromatic rings. The second-order valence-corrected chi connectivity index (χ2v) is 9.98. The summed E-state index contributed by atoms with van der Waals surface area (Å²) in [5.41, 5.74) is 5.23. The molecule has 0 radical (unpaired) electrons. The molecule has 2 aliphatic rings. The predicted octanol–water partition coefficient (Wildman–Crippen LogP) is 2.55. The Morgan fingerprint density at radius 3 is 2.24 bits per heavy atom. The van der Waals surface area contributed by atoms with Gasteiger partial charge in [-0.05, 0) is 44.4 Å². The van der Waals surface area contributed by atoms with Crippen LogP contribution in [-0.2, 0) is 16.4 Å². The van der Waals surface area contributed by atoms with Crippen LogP contribution in [0.5, 0.6) is 0 Å². The van der Waals surface area contributed by atoms with Gasteiger partial charge in [0.15, 0.2) is 9.84 Å². The van der Waals surface area contributed by atoms with Crippen LogP contribution in [0.2, 0.25) is 0 Å². The fraction of sp³-hybridized carbons (Fsp3) is 0.600. The predicted molar refractivity (Wildman–Crippen MR) is 104 cm³/mol. The zero-order valence-electron chi connectivity index (χ0n) is 15.8. The first-order chi connectivity index (χ1) is 11.8. The van der Waals surface area contributed by atoms with Crippen molar-refractivity contribution in [3.63, 3.8) is 0 Å². The van der Waals surface area contributed by atoms with Gasteiger partial charge >= 0.3 is 0 Å². The quantitative estimate of drug-likeness (QED) is 0.772. The maximum atomic E-state index is 12.3. The van der Waals surface area contributed by atoms with Gasteiger partial charge in [0.05, 0.1) is 11.5 Å². The van der Waals surface area contributed by atoms with E-state index in [1.165, 1.54) is 22.3 Å². The summed E-state index contributed by atoms with van der Waals surface area (Å²) in [6.07, 6.45) is 2.21. The zero-order chi connectivity index (χ0) is 18.2. The van der Waals surface area contributed by atoms with Gasteiger partial charge < -0.3 is 0 Å². The van der Waals surface area contributed by atoms with E-state index in [0.29, 0.717) is 11.5 Å². The Hall–Kier alpha value is -1.17. The van der Waals surface area contributed by atoms with Crippen molar-refractivity contribution in [3.05, 3.63) is 46.5 Å². The van der Waals surface area contributed by atoms with Crippen molar-refractivity contribution in [2.75, 3.05) is 31.1 Å². The van der Waals surface area contributed by atoms with Gasteiger partial charge in [-0.3, -0.25) is 9.80 Å². The third kappa shape index (κ3) is 4.15. The summed E-state index contributed by atoms with van der Waals surface area (Å²) in [7, 11) is -2.95. The lowest BCUT2D eigenvalue weighted by Crippen LogP contribution is -2.58. The normalized spacial score (nSPS) is 26.4. The van der Waals surface area contributed by atoms with Crippen molar-refractivity contribution in [1.82, 2.24) is 9.80 Å². The Bertz CT molecular complexity index is 746. The summed E-state index contributed by atoms with van der Waals surface area (Å²) < 4.78 is 24.7. The van der Waals surface area contributed by atoms with Crippen molar-refractivity contribution in [2.45, 2.75) is 46.3 Å². The number of fused-ring (bicyclic) bond motifs is 1. The highest BCUT2D eigenvalue weighted by Gasteiger charge is 2.46. The molecule has 3 rings (SSSR count). The topological polar surface area (TPSA) is 40.6 Å². The minimum Gasteiger partial charge on any atom is -0.293 e. The molecule has 2 fully saturated rings. The number of hydrogen-bond acceptors (Lipinski definition) is 4. The Labute approximate surface area is 152 Å². The summed E-state index contributed by atoms with van der Waals surface area (Å²) in [5, 5.41) is 0. The molecular weight excluding hydrogens is 332 g/mol. The first kappa shape index (κ1) is 18.6. The molecule has 2 saturated heterocycles. The van der Waals surface area contributed by atoms with E-state index in [-0.39, 0.29) is 12.1 Å². The van der Waals surface area contributed by atoms with Crippen molar-refractivity contribution >= 4 is 9.84 Å². The van der Waals surface area contributed by atoms with E-state index in [9.17, 15) is 8.42 Å². The first-order valence-corrected chi connectivity index (χ1v) is 11.0. The molecule has 25 heavy (non-hydrogen) atoms. The standard InChI is InChI=1S/C20H30N2O2S/c1-15(2)8-9-21-10-11-22(20-14-25(23,24)13-19(20)21)12-18-16(3)6-5-7-17(18)4/h5-8,19-20H,9-14H2,1-4H3/t19-,20+/m0/s1. The van der Waals surface area contributed by atoms with E-state index < -0.39 is 9.84 Å². The van der Waals surface area contributed by atoms with Crippen molar-refractivity contribution in [1.29, 1.82) is 0 Å². The fourth-order valence-electron chi connectivity index (χ4n) is 4.12. The minimum atomic E-state index is -2.95. The molecule has 0 aliphatic carbocycles. The van der Waals surface area contributed by atoms with Crippen LogP contribution >= 0.6 is 0 Å². The average molecular weight is 363 g/mol. The number of allylic oxidation sites excluding steroid dienone is 1. The lowest BCUT2D eigenvalue weighted by molar-refractivity contribution is 0.0475. The van der Waals surface area contributed by atoms with Crippen molar-refractivity contribution < 1.29 is 8.42 Å². The largest absolute Gasteiger partial charge is 0.293 e. The van der Waals surface area contributed by atoms with E-state index >= 15 is 0 Å². The molecule has 4 nitrogen and oxygen atoms in total. The van der Waals surface area contributed by atoms with Gasteiger partial charge in [-0.2, -0.15) is 0 Å². The number of benzene rings is 1. The summed E-state index contributed by atoms with van der Waals surface area (Å²) in [6.45, 7) is 12.1. The molecule has 5 heteroatoms. The van der Waals surface area contributed by atoms with Crippen LogP contribution in [0.15, 0.2) is 29.8 Å². The molecule has 2 atom stereocenters. The number of piperazine rings is 1. The highest BCUT2D eigenvalue weighted by molar-refractivity contribution is 7.91. The lowest BCUT2D eigenvalue weighted by Gasteiger charge is -2.44. The van der Waals surface area contributed by atoms with Crippen LogP contribution in [0, 0.1) is 13.8 Å². The third-order valence-electron chi connectivity index (χ3n) is 5.65. The van der Waals surface area contributed by atoms with Crippen LogP contribution < -0.4 is 0 Å². The molecule has 0 amide bonds. The molecule has 0 saturated carbocycles. The van der Waals surface area contributed by atoms with Gasteiger partial charge in [0, 0.05) is 38.3 Å². The number of aryl methyl sites for hydroxylation is 2. The van der Waals surface area contributed by atoms with Gasteiger partial charge in [0.25, 0.3) is 0 Å². The van der Waals surface area contributed by atoms with Crippen LogP contribution in [0.25, 0.3) is 0 Å². The number of sulfone groups is 1. The van der Waals surface area contributed by atoms with Crippen LogP contribution in [0.1, 0.15) is 30.5 Å². The highest BCUT2D eigenvalue weighted by Crippen LogP contribution is 2.29. The second kappa shape index (κ2) is 7.22.